The van der Waals surface area contributed by atoms with Crippen molar-refractivity contribution >= 4 is 23.2 Å². The summed E-state index contributed by atoms with van der Waals surface area (Å²) in [7, 11) is 0. The van der Waals surface area contributed by atoms with Crippen molar-refractivity contribution < 1.29 is 17.9 Å². The zero-order valence-corrected chi connectivity index (χ0v) is 10.9. The molecule has 2 rings (SSSR count). The minimum atomic E-state index is -4.20. The molecule has 0 aliphatic carbocycles. The third-order valence-electron chi connectivity index (χ3n) is 2.80. The number of hydrogen-bond donors (Lipinski definition) is 0. The molecule has 18 heavy (non-hydrogen) atoms. The lowest BCUT2D eigenvalue weighted by atomic mass is 10.0. The van der Waals surface area contributed by atoms with Crippen LogP contribution in [0.25, 0.3) is 0 Å². The highest BCUT2D eigenvalue weighted by Gasteiger charge is 2.30. The molecule has 0 spiro atoms. The Morgan fingerprint density at radius 2 is 2.06 bits per heavy atom. The van der Waals surface area contributed by atoms with Crippen LogP contribution in [0, 0.1) is 0 Å². The summed E-state index contributed by atoms with van der Waals surface area (Å²) in [6.45, 7) is 0.519. The first-order valence-corrected chi connectivity index (χ1v) is 6.34. The van der Waals surface area contributed by atoms with Gasteiger partial charge in [-0.1, -0.05) is 11.6 Å². The highest BCUT2D eigenvalue weighted by Crippen LogP contribution is 2.41. The maximum atomic E-state index is 12.2. The van der Waals surface area contributed by atoms with E-state index in [1.807, 2.05) is 0 Å². The Kier molecular flexibility index (Phi) is 3.97. The van der Waals surface area contributed by atoms with Crippen molar-refractivity contribution in [1.82, 2.24) is 0 Å². The predicted molar refractivity (Wildman–Crippen MR) is 64.5 cm³/mol. The summed E-state index contributed by atoms with van der Waals surface area (Å²) in [4.78, 5) is 0. The first-order chi connectivity index (χ1) is 8.37. The second kappa shape index (κ2) is 5.17. The molecule has 100 valence electrons. The van der Waals surface area contributed by atoms with Gasteiger partial charge in [0.05, 0.1) is 12.0 Å². The van der Waals surface area contributed by atoms with E-state index >= 15 is 0 Å². The molecule has 1 heterocycles. The molecular weight excluding hydrogens is 288 g/mol. The van der Waals surface area contributed by atoms with Crippen LogP contribution in [-0.2, 0) is 6.42 Å². The van der Waals surface area contributed by atoms with Crippen molar-refractivity contribution in [3.05, 3.63) is 28.3 Å². The molecule has 1 aliphatic heterocycles. The highest BCUT2D eigenvalue weighted by molar-refractivity contribution is 6.31. The number of fused-ring (bicyclic) bond motifs is 1. The standard InChI is InChI=1S/C12H11Cl2F3O/c13-8-5-7-2-4-18-11(7)9(6-8)10(14)1-3-12(15,16)17/h5-6,10H,1-4H2. The highest BCUT2D eigenvalue weighted by atomic mass is 35.5. The largest absolute Gasteiger partial charge is 0.493 e. The maximum Gasteiger partial charge on any atom is 0.389 e. The fourth-order valence-corrected chi connectivity index (χ4v) is 2.50. The van der Waals surface area contributed by atoms with Gasteiger partial charge in [-0.25, -0.2) is 0 Å². The Morgan fingerprint density at radius 3 is 2.72 bits per heavy atom. The van der Waals surface area contributed by atoms with Gasteiger partial charge in [0.25, 0.3) is 0 Å². The first-order valence-electron chi connectivity index (χ1n) is 5.53. The molecule has 0 saturated carbocycles. The van der Waals surface area contributed by atoms with Crippen LogP contribution in [-0.4, -0.2) is 12.8 Å². The van der Waals surface area contributed by atoms with Gasteiger partial charge in [-0.05, 0) is 24.1 Å². The van der Waals surface area contributed by atoms with Gasteiger partial charge in [-0.3, -0.25) is 0 Å². The molecule has 1 aliphatic rings. The lowest BCUT2D eigenvalue weighted by Crippen LogP contribution is -2.08. The van der Waals surface area contributed by atoms with Crippen molar-refractivity contribution in [2.24, 2.45) is 0 Å². The van der Waals surface area contributed by atoms with Crippen LogP contribution in [0.5, 0.6) is 5.75 Å². The minimum absolute atomic E-state index is 0.179. The van der Waals surface area contributed by atoms with Gasteiger partial charge in [0, 0.05) is 23.4 Å². The average molecular weight is 299 g/mol. The quantitative estimate of drug-likeness (QED) is 0.721. The van der Waals surface area contributed by atoms with Gasteiger partial charge in [0.2, 0.25) is 0 Å². The Labute approximate surface area is 113 Å². The van der Waals surface area contributed by atoms with Gasteiger partial charge in [0.1, 0.15) is 5.75 Å². The molecule has 1 aromatic carbocycles. The molecule has 1 nitrogen and oxygen atoms in total. The molecule has 0 amide bonds. The molecule has 0 N–H and O–H groups in total. The fraction of sp³-hybridized carbons (Fsp3) is 0.500. The summed E-state index contributed by atoms with van der Waals surface area (Å²) in [5.74, 6) is 0.599. The predicted octanol–water partition coefficient (Wildman–Crippen LogP) is 4.90. The van der Waals surface area contributed by atoms with Crippen molar-refractivity contribution in [2.45, 2.75) is 30.8 Å². The summed E-state index contributed by atoms with van der Waals surface area (Å²) in [5, 5.41) is -0.260. The van der Waals surface area contributed by atoms with Gasteiger partial charge in [-0.2, -0.15) is 13.2 Å². The topological polar surface area (TPSA) is 9.23 Å². The van der Waals surface area contributed by atoms with E-state index in [-0.39, 0.29) is 6.42 Å². The van der Waals surface area contributed by atoms with E-state index in [9.17, 15) is 13.2 Å². The Hall–Kier alpha value is -0.610. The molecule has 0 saturated heterocycles. The Morgan fingerprint density at radius 1 is 1.33 bits per heavy atom. The molecule has 1 atom stereocenters. The van der Waals surface area contributed by atoms with E-state index in [2.05, 4.69) is 0 Å². The monoisotopic (exact) mass is 298 g/mol. The Balaban J connectivity index is 2.18. The average Bonchev–Trinajstić information content (AvgIpc) is 2.71. The number of alkyl halides is 4. The molecular formula is C12H11Cl2F3O. The van der Waals surface area contributed by atoms with Crippen molar-refractivity contribution in [1.29, 1.82) is 0 Å². The maximum absolute atomic E-state index is 12.2. The second-order valence-electron chi connectivity index (χ2n) is 4.20. The lowest BCUT2D eigenvalue weighted by molar-refractivity contribution is -0.135. The van der Waals surface area contributed by atoms with E-state index in [4.69, 9.17) is 27.9 Å². The summed E-state index contributed by atoms with van der Waals surface area (Å²) in [6.07, 6.45) is -4.58. The SMILES string of the molecule is FC(F)(F)CCC(Cl)c1cc(Cl)cc2c1OCC2. The summed E-state index contributed by atoms with van der Waals surface area (Å²) >= 11 is 12.0. The summed E-state index contributed by atoms with van der Waals surface area (Å²) in [5.41, 5.74) is 1.47. The summed E-state index contributed by atoms with van der Waals surface area (Å²) in [6, 6.07) is 3.35. The second-order valence-corrected chi connectivity index (χ2v) is 5.17. The smallest absolute Gasteiger partial charge is 0.389 e. The van der Waals surface area contributed by atoms with Crippen LogP contribution in [0.15, 0.2) is 12.1 Å². The van der Waals surface area contributed by atoms with E-state index in [0.29, 0.717) is 29.4 Å². The van der Waals surface area contributed by atoms with Crippen LogP contribution in [0.4, 0.5) is 13.2 Å². The molecule has 1 unspecified atom stereocenters. The molecule has 0 aromatic heterocycles. The zero-order chi connectivity index (χ0) is 13.3. The molecule has 1 aromatic rings. The van der Waals surface area contributed by atoms with Gasteiger partial charge < -0.3 is 4.74 Å². The van der Waals surface area contributed by atoms with E-state index < -0.39 is 18.0 Å². The van der Waals surface area contributed by atoms with Crippen LogP contribution in [0.2, 0.25) is 5.02 Å². The van der Waals surface area contributed by atoms with Gasteiger partial charge >= 0.3 is 6.18 Å². The van der Waals surface area contributed by atoms with Gasteiger partial charge in [-0.15, -0.1) is 11.6 Å². The fourth-order valence-electron chi connectivity index (χ4n) is 1.98. The summed E-state index contributed by atoms with van der Waals surface area (Å²) < 4.78 is 41.9. The third-order valence-corrected chi connectivity index (χ3v) is 3.47. The number of halogens is 5. The number of hydrogen-bond acceptors (Lipinski definition) is 1. The lowest BCUT2D eigenvalue weighted by Gasteiger charge is -2.15. The van der Waals surface area contributed by atoms with Crippen molar-refractivity contribution in [2.75, 3.05) is 6.61 Å². The van der Waals surface area contributed by atoms with Crippen molar-refractivity contribution in [3.63, 3.8) is 0 Å². The van der Waals surface area contributed by atoms with Crippen LogP contribution >= 0.6 is 23.2 Å². The van der Waals surface area contributed by atoms with E-state index in [1.165, 1.54) is 0 Å². The molecule has 0 bridgehead atoms. The normalized spacial score (nSPS) is 16.3. The first kappa shape index (κ1) is 13.8. The zero-order valence-electron chi connectivity index (χ0n) is 9.36. The third kappa shape index (κ3) is 3.23. The number of ether oxygens (including phenoxy) is 1. The van der Waals surface area contributed by atoms with E-state index in [0.717, 1.165) is 5.56 Å². The minimum Gasteiger partial charge on any atom is -0.493 e. The van der Waals surface area contributed by atoms with Crippen molar-refractivity contribution in [3.8, 4) is 5.75 Å². The van der Waals surface area contributed by atoms with E-state index in [1.54, 1.807) is 12.1 Å². The number of benzene rings is 1. The molecule has 0 fully saturated rings. The van der Waals surface area contributed by atoms with Gasteiger partial charge in [0.15, 0.2) is 0 Å². The Bertz CT molecular complexity index is 446. The van der Waals surface area contributed by atoms with Crippen LogP contribution < -0.4 is 4.74 Å². The molecule has 0 radical (unpaired) electrons. The molecule has 6 heteroatoms. The number of rotatable bonds is 3. The van der Waals surface area contributed by atoms with Crippen LogP contribution in [0.1, 0.15) is 29.3 Å². The van der Waals surface area contributed by atoms with Crippen LogP contribution in [0.3, 0.4) is 0 Å².